The molecular weight excluding hydrogens is 362 g/mol. The molecule has 2 aromatic carbocycles. The smallest absolute Gasteiger partial charge is 0.228 e. The van der Waals surface area contributed by atoms with Gasteiger partial charge >= 0.3 is 0 Å². The van der Waals surface area contributed by atoms with Crippen LogP contribution in [0, 0.1) is 0 Å². The van der Waals surface area contributed by atoms with E-state index in [0.29, 0.717) is 6.42 Å². The van der Waals surface area contributed by atoms with Crippen molar-refractivity contribution in [2.45, 2.75) is 19.4 Å². The molecule has 2 aromatic heterocycles. The molecule has 144 valence electrons. The van der Waals surface area contributed by atoms with Gasteiger partial charge in [0.25, 0.3) is 0 Å². The second kappa shape index (κ2) is 7.48. The van der Waals surface area contributed by atoms with Gasteiger partial charge in [0.15, 0.2) is 5.65 Å². The molecule has 0 fully saturated rings. The number of rotatable bonds is 4. The highest BCUT2D eigenvalue weighted by molar-refractivity contribution is 5.92. The van der Waals surface area contributed by atoms with Crippen molar-refractivity contribution in [3.05, 3.63) is 83.8 Å². The zero-order chi connectivity index (χ0) is 19.6. The van der Waals surface area contributed by atoms with Crippen LogP contribution in [0.25, 0.3) is 16.8 Å². The highest BCUT2D eigenvalue weighted by Crippen LogP contribution is 2.22. The predicted molar refractivity (Wildman–Crippen MR) is 113 cm³/mol. The summed E-state index contributed by atoms with van der Waals surface area (Å²) in [6, 6.07) is 18.3. The Morgan fingerprint density at radius 1 is 1.03 bits per heavy atom. The van der Waals surface area contributed by atoms with Crippen LogP contribution in [0.2, 0.25) is 0 Å². The molecule has 0 unspecified atom stereocenters. The molecule has 0 aliphatic carbocycles. The van der Waals surface area contributed by atoms with E-state index < -0.39 is 0 Å². The molecule has 29 heavy (non-hydrogen) atoms. The minimum Gasteiger partial charge on any atom is -0.326 e. The van der Waals surface area contributed by atoms with Crippen molar-refractivity contribution in [3.63, 3.8) is 0 Å². The molecule has 0 saturated carbocycles. The van der Waals surface area contributed by atoms with E-state index >= 15 is 0 Å². The number of amides is 1. The van der Waals surface area contributed by atoms with E-state index in [2.05, 4.69) is 32.8 Å². The first-order chi connectivity index (χ1) is 14.2. The predicted octanol–water partition coefficient (Wildman–Crippen LogP) is 3.22. The van der Waals surface area contributed by atoms with Crippen LogP contribution in [-0.2, 0) is 24.2 Å². The number of benzene rings is 2. The first-order valence-corrected chi connectivity index (χ1v) is 9.76. The number of nitrogens with one attached hydrogen (secondary N) is 2. The van der Waals surface area contributed by atoms with Crippen LogP contribution < -0.4 is 10.6 Å². The fourth-order valence-electron chi connectivity index (χ4n) is 3.76. The monoisotopic (exact) mass is 383 g/mol. The summed E-state index contributed by atoms with van der Waals surface area (Å²) >= 11 is 0. The average molecular weight is 383 g/mol. The zero-order valence-corrected chi connectivity index (χ0v) is 15.9. The number of anilines is 1. The van der Waals surface area contributed by atoms with Gasteiger partial charge in [-0.1, -0.05) is 30.3 Å². The Morgan fingerprint density at radius 2 is 1.93 bits per heavy atom. The molecule has 1 aliphatic rings. The van der Waals surface area contributed by atoms with Gasteiger partial charge < -0.3 is 10.6 Å². The lowest BCUT2D eigenvalue weighted by molar-refractivity contribution is -0.115. The Labute approximate surface area is 168 Å². The summed E-state index contributed by atoms with van der Waals surface area (Å²) in [5.41, 5.74) is 7.45. The number of hydrogen-bond acceptors (Lipinski definition) is 4. The molecule has 1 aliphatic heterocycles. The van der Waals surface area contributed by atoms with E-state index in [1.807, 2.05) is 48.7 Å². The number of carbonyl (C=O) groups excluding carboxylic acids is 1. The van der Waals surface area contributed by atoms with Gasteiger partial charge in [-0.2, -0.15) is 5.10 Å². The maximum atomic E-state index is 12.5. The largest absolute Gasteiger partial charge is 0.326 e. The van der Waals surface area contributed by atoms with E-state index in [9.17, 15) is 4.79 Å². The standard InChI is InChI=1S/C23H21N5O/c29-23(27-21-6-5-20-14-24-9-7-18(20)12-21)11-16-1-3-17(4-2-16)19-8-10-28-22(13-19)25-15-26-28/h1-6,8,10,12-13,15,24H,7,9,11,14H2,(H,27,29). The van der Waals surface area contributed by atoms with Crippen LogP contribution >= 0.6 is 0 Å². The Hall–Kier alpha value is -3.51. The van der Waals surface area contributed by atoms with Crippen LogP contribution in [0.5, 0.6) is 0 Å². The summed E-state index contributed by atoms with van der Waals surface area (Å²) in [5.74, 6) is -0.00323. The minimum atomic E-state index is -0.00323. The van der Waals surface area contributed by atoms with Gasteiger partial charge in [-0.25, -0.2) is 9.50 Å². The van der Waals surface area contributed by atoms with Crippen LogP contribution in [0.4, 0.5) is 5.69 Å². The second-order valence-corrected chi connectivity index (χ2v) is 7.31. The van der Waals surface area contributed by atoms with E-state index in [1.54, 1.807) is 10.8 Å². The summed E-state index contributed by atoms with van der Waals surface area (Å²) in [4.78, 5) is 16.7. The molecule has 2 N–H and O–H groups in total. The fraction of sp³-hybridized carbons (Fsp3) is 0.174. The van der Waals surface area contributed by atoms with Gasteiger partial charge in [-0.3, -0.25) is 4.79 Å². The Bertz CT molecular complexity index is 1180. The molecule has 1 amide bonds. The highest BCUT2D eigenvalue weighted by Gasteiger charge is 2.11. The van der Waals surface area contributed by atoms with Crippen LogP contribution in [0.15, 0.2) is 67.1 Å². The Balaban J connectivity index is 1.26. The number of aromatic nitrogens is 3. The summed E-state index contributed by atoms with van der Waals surface area (Å²) in [7, 11) is 0. The molecule has 0 spiro atoms. The zero-order valence-electron chi connectivity index (χ0n) is 15.9. The van der Waals surface area contributed by atoms with E-state index in [1.165, 1.54) is 11.1 Å². The maximum Gasteiger partial charge on any atom is 0.228 e. The maximum absolute atomic E-state index is 12.5. The van der Waals surface area contributed by atoms with Crippen molar-refractivity contribution in [2.75, 3.05) is 11.9 Å². The Kier molecular flexibility index (Phi) is 4.54. The summed E-state index contributed by atoms with van der Waals surface area (Å²) in [6.45, 7) is 1.89. The van der Waals surface area contributed by atoms with Crippen LogP contribution in [-0.4, -0.2) is 27.0 Å². The third kappa shape index (κ3) is 3.75. The van der Waals surface area contributed by atoms with E-state index in [0.717, 1.165) is 47.5 Å². The molecule has 4 aromatic rings. The van der Waals surface area contributed by atoms with E-state index in [-0.39, 0.29) is 5.91 Å². The lowest BCUT2D eigenvalue weighted by Gasteiger charge is -2.18. The molecule has 6 heteroatoms. The third-order valence-electron chi connectivity index (χ3n) is 5.31. The van der Waals surface area contributed by atoms with Gasteiger partial charge in [0.05, 0.1) is 6.42 Å². The SMILES string of the molecule is O=C(Cc1ccc(-c2ccn3ncnc3c2)cc1)Nc1ccc2c(c1)CCNC2. The second-order valence-electron chi connectivity index (χ2n) is 7.31. The van der Waals surface area contributed by atoms with Gasteiger partial charge in [-0.05, 0) is 65.0 Å². The molecule has 3 heterocycles. The van der Waals surface area contributed by atoms with Crippen molar-refractivity contribution in [3.8, 4) is 11.1 Å². The van der Waals surface area contributed by atoms with Crippen molar-refractivity contribution in [2.24, 2.45) is 0 Å². The minimum absolute atomic E-state index is 0.00323. The van der Waals surface area contributed by atoms with Crippen molar-refractivity contribution < 1.29 is 4.79 Å². The fourth-order valence-corrected chi connectivity index (χ4v) is 3.76. The lowest BCUT2D eigenvalue weighted by Crippen LogP contribution is -2.23. The van der Waals surface area contributed by atoms with Gasteiger partial charge in [0, 0.05) is 18.4 Å². The normalized spacial score (nSPS) is 13.2. The summed E-state index contributed by atoms with van der Waals surface area (Å²) in [5, 5.41) is 10.5. The van der Waals surface area contributed by atoms with Crippen LogP contribution in [0.1, 0.15) is 16.7 Å². The highest BCUT2D eigenvalue weighted by atomic mass is 16.1. The van der Waals surface area contributed by atoms with Gasteiger partial charge in [-0.15, -0.1) is 0 Å². The van der Waals surface area contributed by atoms with Crippen molar-refractivity contribution in [1.82, 2.24) is 19.9 Å². The van der Waals surface area contributed by atoms with E-state index in [4.69, 9.17) is 0 Å². The molecule has 6 nitrogen and oxygen atoms in total. The number of pyridine rings is 1. The molecule has 0 radical (unpaired) electrons. The molecular formula is C23H21N5O. The topological polar surface area (TPSA) is 71.3 Å². The quantitative estimate of drug-likeness (QED) is 0.568. The van der Waals surface area contributed by atoms with Crippen molar-refractivity contribution >= 4 is 17.2 Å². The molecule has 0 atom stereocenters. The Morgan fingerprint density at radius 3 is 2.83 bits per heavy atom. The lowest BCUT2D eigenvalue weighted by atomic mass is 10.0. The van der Waals surface area contributed by atoms with Gasteiger partial charge in [0.1, 0.15) is 6.33 Å². The average Bonchev–Trinajstić information content (AvgIpc) is 3.22. The summed E-state index contributed by atoms with van der Waals surface area (Å²) < 4.78 is 1.74. The molecule has 0 saturated heterocycles. The first-order valence-electron chi connectivity index (χ1n) is 9.76. The van der Waals surface area contributed by atoms with Crippen LogP contribution in [0.3, 0.4) is 0 Å². The number of nitrogens with zero attached hydrogens (tertiary/aromatic N) is 3. The van der Waals surface area contributed by atoms with Crippen molar-refractivity contribution in [1.29, 1.82) is 0 Å². The number of hydrogen-bond donors (Lipinski definition) is 2. The molecule has 5 rings (SSSR count). The summed E-state index contributed by atoms with van der Waals surface area (Å²) in [6.07, 6.45) is 4.79. The third-order valence-corrected chi connectivity index (χ3v) is 5.31. The molecule has 0 bridgehead atoms. The number of fused-ring (bicyclic) bond motifs is 2. The van der Waals surface area contributed by atoms with Gasteiger partial charge in [0.2, 0.25) is 5.91 Å². The number of carbonyl (C=O) groups is 1. The first kappa shape index (κ1) is 17.6.